The molecule has 0 spiro atoms. The molecule has 2 rings (SSSR count). The van der Waals surface area contributed by atoms with Crippen LogP contribution in [0.5, 0.6) is 0 Å². The summed E-state index contributed by atoms with van der Waals surface area (Å²) in [6.07, 6.45) is 8.40. The van der Waals surface area contributed by atoms with Crippen molar-refractivity contribution in [3.05, 3.63) is 23.9 Å². The van der Waals surface area contributed by atoms with Crippen molar-refractivity contribution in [3.8, 4) is 0 Å². The van der Waals surface area contributed by atoms with Gasteiger partial charge in [0.2, 0.25) is 0 Å². The van der Waals surface area contributed by atoms with Crippen molar-refractivity contribution in [1.29, 1.82) is 0 Å². The first kappa shape index (κ1) is 10.5. The lowest BCUT2D eigenvalue weighted by molar-refractivity contribution is 0.315. The van der Waals surface area contributed by atoms with Crippen LogP contribution in [0.1, 0.15) is 50.5 Å². The van der Waals surface area contributed by atoms with Crippen LogP contribution in [0.15, 0.2) is 18.3 Å². The van der Waals surface area contributed by atoms with Gasteiger partial charge in [-0.3, -0.25) is 0 Å². The van der Waals surface area contributed by atoms with E-state index in [4.69, 9.17) is 5.73 Å². The molecule has 0 amide bonds. The van der Waals surface area contributed by atoms with Crippen LogP contribution in [0.2, 0.25) is 0 Å². The van der Waals surface area contributed by atoms with E-state index in [1.165, 1.54) is 37.7 Å². The van der Waals surface area contributed by atoms with Gasteiger partial charge >= 0.3 is 0 Å². The lowest BCUT2D eigenvalue weighted by atomic mass is 9.77. The number of aromatic nitrogens is 1. The van der Waals surface area contributed by atoms with Crippen molar-refractivity contribution in [1.82, 2.24) is 4.98 Å². The van der Waals surface area contributed by atoms with Crippen molar-refractivity contribution in [3.63, 3.8) is 0 Å². The van der Waals surface area contributed by atoms with Crippen LogP contribution in [0, 0.1) is 5.92 Å². The molecule has 2 unspecified atom stereocenters. The smallest absolute Gasteiger partial charge is 0.126 e. The molecule has 0 aromatic carbocycles. The zero-order chi connectivity index (χ0) is 10.7. The quantitative estimate of drug-likeness (QED) is 0.802. The van der Waals surface area contributed by atoms with Crippen LogP contribution < -0.4 is 5.73 Å². The van der Waals surface area contributed by atoms with Crippen molar-refractivity contribution in [2.24, 2.45) is 5.92 Å². The zero-order valence-electron chi connectivity index (χ0n) is 9.45. The SMILES string of the molecule is CCC1CCCC(c2cccnc2N)C1. The zero-order valence-corrected chi connectivity index (χ0v) is 9.45. The van der Waals surface area contributed by atoms with Gasteiger partial charge in [0.1, 0.15) is 5.82 Å². The molecule has 0 saturated heterocycles. The molecule has 1 fully saturated rings. The Balaban J connectivity index is 2.13. The Bertz CT molecular complexity index is 322. The van der Waals surface area contributed by atoms with Crippen LogP contribution in [0.4, 0.5) is 5.82 Å². The van der Waals surface area contributed by atoms with Crippen LogP contribution in [-0.4, -0.2) is 4.98 Å². The maximum absolute atomic E-state index is 5.93. The molecule has 2 heteroatoms. The number of anilines is 1. The van der Waals surface area contributed by atoms with Gasteiger partial charge in [0.25, 0.3) is 0 Å². The molecule has 1 aromatic heterocycles. The van der Waals surface area contributed by atoms with Crippen molar-refractivity contribution >= 4 is 5.82 Å². The van der Waals surface area contributed by atoms with Crippen molar-refractivity contribution in [2.75, 3.05) is 5.73 Å². The minimum Gasteiger partial charge on any atom is -0.383 e. The number of nitrogens with two attached hydrogens (primary N) is 1. The van der Waals surface area contributed by atoms with Gasteiger partial charge in [-0.1, -0.05) is 32.3 Å². The minimum atomic E-state index is 0.650. The Morgan fingerprint density at radius 1 is 1.47 bits per heavy atom. The standard InChI is InChI=1S/C13H20N2/c1-2-10-5-3-6-11(9-10)12-7-4-8-15-13(12)14/h4,7-8,10-11H,2-3,5-6,9H2,1H3,(H2,14,15). The molecular weight excluding hydrogens is 184 g/mol. The molecule has 2 atom stereocenters. The number of rotatable bonds is 2. The van der Waals surface area contributed by atoms with Crippen LogP contribution in [0.25, 0.3) is 0 Å². The fourth-order valence-electron chi connectivity index (χ4n) is 2.72. The molecule has 0 radical (unpaired) electrons. The summed E-state index contributed by atoms with van der Waals surface area (Å²) in [7, 11) is 0. The molecule has 1 aromatic rings. The molecule has 1 aliphatic rings. The van der Waals surface area contributed by atoms with E-state index in [2.05, 4.69) is 18.0 Å². The fraction of sp³-hybridized carbons (Fsp3) is 0.615. The summed E-state index contributed by atoms with van der Waals surface area (Å²) in [6, 6.07) is 4.15. The Morgan fingerprint density at radius 3 is 3.07 bits per heavy atom. The highest BCUT2D eigenvalue weighted by molar-refractivity contribution is 5.41. The normalized spacial score (nSPS) is 26.5. The summed E-state index contributed by atoms with van der Waals surface area (Å²) >= 11 is 0. The lowest BCUT2D eigenvalue weighted by Crippen LogP contribution is -2.15. The highest BCUT2D eigenvalue weighted by Crippen LogP contribution is 2.38. The third-order valence-corrected chi connectivity index (χ3v) is 3.67. The molecule has 2 N–H and O–H groups in total. The van der Waals surface area contributed by atoms with E-state index in [0.717, 1.165) is 11.7 Å². The summed E-state index contributed by atoms with van der Waals surface area (Å²) in [6.45, 7) is 2.29. The fourth-order valence-corrected chi connectivity index (χ4v) is 2.72. The van der Waals surface area contributed by atoms with Crippen molar-refractivity contribution in [2.45, 2.75) is 44.9 Å². The van der Waals surface area contributed by atoms with Gasteiger partial charge in [-0.05, 0) is 36.3 Å². The van der Waals surface area contributed by atoms with E-state index in [0.29, 0.717) is 5.92 Å². The highest BCUT2D eigenvalue weighted by Gasteiger charge is 2.23. The first-order chi connectivity index (χ1) is 7.31. The Morgan fingerprint density at radius 2 is 2.33 bits per heavy atom. The molecule has 2 nitrogen and oxygen atoms in total. The van der Waals surface area contributed by atoms with Gasteiger partial charge in [-0.2, -0.15) is 0 Å². The maximum Gasteiger partial charge on any atom is 0.126 e. The topological polar surface area (TPSA) is 38.9 Å². The van der Waals surface area contributed by atoms with E-state index in [-0.39, 0.29) is 0 Å². The Hall–Kier alpha value is -1.05. The molecule has 82 valence electrons. The van der Waals surface area contributed by atoms with E-state index in [1.54, 1.807) is 6.20 Å². The predicted molar refractivity (Wildman–Crippen MR) is 63.6 cm³/mol. The summed E-state index contributed by atoms with van der Waals surface area (Å²) < 4.78 is 0. The molecule has 1 saturated carbocycles. The maximum atomic E-state index is 5.93. The van der Waals surface area contributed by atoms with Crippen LogP contribution in [-0.2, 0) is 0 Å². The number of pyridine rings is 1. The molecular formula is C13H20N2. The van der Waals surface area contributed by atoms with Gasteiger partial charge in [0.15, 0.2) is 0 Å². The van der Waals surface area contributed by atoms with Gasteiger partial charge < -0.3 is 5.73 Å². The Kier molecular flexibility index (Phi) is 3.24. The monoisotopic (exact) mass is 204 g/mol. The predicted octanol–water partition coefficient (Wildman–Crippen LogP) is 3.35. The van der Waals surface area contributed by atoms with E-state index in [9.17, 15) is 0 Å². The third-order valence-electron chi connectivity index (χ3n) is 3.67. The number of nitrogen functional groups attached to an aromatic ring is 1. The van der Waals surface area contributed by atoms with Crippen LogP contribution in [0.3, 0.4) is 0 Å². The van der Waals surface area contributed by atoms with Gasteiger partial charge in [-0.25, -0.2) is 4.98 Å². The van der Waals surface area contributed by atoms with Gasteiger partial charge in [0.05, 0.1) is 0 Å². The lowest BCUT2D eigenvalue weighted by Gasteiger charge is -2.29. The summed E-state index contributed by atoms with van der Waals surface area (Å²) in [5.41, 5.74) is 7.20. The van der Waals surface area contributed by atoms with Gasteiger partial charge in [-0.15, -0.1) is 0 Å². The van der Waals surface area contributed by atoms with E-state index < -0.39 is 0 Å². The molecule has 0 aliphatic heterocycles. The molecule has 1 heterocycles. The Labute approximate surface area is 91.9 Å². The largest absolute Gasteiger partial charge is 0.383 e. The first-order valence-corrected chi connectivity index (χ1v) is 6.01. The number of hydrogen-bond acceptors (Lipinski definition) is 2. The molecule has 15 heavy (non-hydrogen) atoms. The second-order valence-corrected chi connectivity index (χ2v) is 4.62. The number of hydrogen-bond donors (Lipinski definition) is 1. The first-order valence-electron chi connectivity index (χ1n) is 6.01. The average Bonchev–Trinajstić information content (AvgIpc) is 2.30. The summed E-state index contributed by atoms with van der Waals surface area (Å²) in [5, 5.41) is 0. The van der Waals surface area contributed by atoms with Gasteiger partial charge in [0, 0.05) is 6.20 Å². The summed E-state index contributed by atoms with van der Waals surface area (Å²) in [4.78, 5) is 4.18. The highest BCUT2D eigenvalue weighted by atomic mass is 14.8. The second-order valence-electron chi connectivity index (χ2n) is 4.62. The average molecular weight is 204 g/mol. The molecule has 0 bridgehead atoms. The van der Waals surface area contributed by atoms with Crippen molar-refractivity contribution < 1.29 is 0 Å². The van der Waals surface area contributed by atoms with E-state index >= 15 is 0 Å². The third kappa shape index (κ3) is 2.31. The van der Waals surface area contributed by atoms with E-state index in [1.807, 2.05) is 6.07 Å². The second kappa shape index (κ2) is 4.65. The van der Waals surface area contributed by atoms with Crippen LogP contribution >= 0.6 is 0 Å². The molecule has 1 aliphatic carbocycles. The number of nitrogens with zero attached hydrogens (tertiary/aromatic N) is 1. The minimum absolute atomic E-state index is 0.650. The summed E-state index contributed by atoms with van der Waals surface area (Å²) in [5.74, 6) is 2.28.